The van der Waals surface area contributed by atoms with Crippen LogP contribution in [-0.4, -0.2) is 40.0 Å². The van der Waals surface area contributed by atoms with Gasteiger partial charge in [0.25, 0.3) is 0 Å². The van der Waals surface area contributed by atoms with Crippen molar-refractivity contribution in [1.82, 2.24) is 29.5 Å². The van der Waals surface area contributed by atoms with E-state index in [-0.39, 0.29) is 33.7 Å². The molecule has 0 saturated heterocycles. The monoisotopic (exact) mass is 481 g/mol. The number of aryl methyl sites for hydroxylation is 1. The number of fused-ring (bicyclic) bond motifs is 2. The van der Waals surface area contributed by atoms with Crippen molar-refractivity contribution < 1.29 is 17.7 Å². The van der Waals surface area contributed by atoms with Crippen molar-refractivity contribution in [3.8, 4) is 11.5 Å². The number of nitrogens with zero attached hydrogens (tertiary/aromatic N) is 6. The number of nitrogens with one attached hydrogen (secondary N) is 1. The fourth-order valence-electron chi connectivity index (χ4n) is 3.47. The number of hydrogen-bond acceptors (Lipinski definition) is 8. The molecular weight excluding hydrogens is 464 g/mol. The first-order valence-electron chi connectivity index (χ1n) is 9.97. The predicted octanol–water partition coefficient (Wildman–Crippen LogP) is 4.17. The summed E-state index contributed by atoms with van der Waals surface area (Å²) in [5.41, 5.74) is 1.82. The van der Waals surface area contributed by atoms with E-state index in [1.807, 2.05) is 0 Å². The number of anilines is 2. The van der Waals surface area contributed by atoms with Crippen LogP contribution < -0.4 is 10.1 Å². The summed E-state index contributed by atoms with van der Waals surface area (Å²) in [5.74, 6) is -0.429. The first-order chi connectivity index (χ1) is 16.3. The molecule has 5 aromatic rings. The summed E-state index contributed by atoms with van der Waals surface area (Å²) in [6, 6.07) is 5.85. The Kier molecular flexibility index (Phi) is 5.36. The molecule has 0 aliphatic carbocycles. The summed E-state index contributed by atoms with van der Waals surface area (Å²) >= 11 is 0. The number of hydrogen-bond donors (Lipinski definition) is 1. The Balaban J connectivity index is 1.47. The molecule has 34 heavy (non-hydrogen) atoms. The molecule has 0 spiro atoms. The average molecular weight is 481 g/mol. The first kappa shape index (κ1) is 21.8. The lowest BCUT2D eigenvalue weighted by molar-refractivity contribution is 0.468. The second-order valence-electron chi connectivity index (χ2n) is 7.47. The maximum Gasteiger partial charge on any atom is 0.218 e. The Morgan fingerprint density at radius 2 is 1.91 bits per heavy atom. The van der Waals surface area contributed by atoms with Gasteiger partial charge in [-0.1, -0.05) is 0 Å². The van der Waals surface area contributed by atoms with Crippen LogP contribution in [0.2, 0.25) is 0 Å². The molecule has 2 aromatic carbocycles. The van der Waals surface area contributed by atoms with Gasteiger partial charge in [0.05, 0.1) is 34.5 Å². The van der Waals surface area contributed by atoms with Crippen LogP contribution in [-0.2, 0) is 17.8 Å². The molecule has 0 bridgehead atoms. The quantitative estimate of drug-likeness (QED) is 0.373. The van der Waals surface area contributed by atoms with Crippen LogP contribution in [0.15, 0.2) is 48.3 Å². The highest BCUT2D eigenvalue weighted by molar-refractivity contribution is 7.84. The normalized spacial score (nSPS) is 12.3. The number of aromatic nitrogens is 6. The molecule has 9 nitrogen and oxygen atoms in total. The van der Waals surface area contributed by atoms with Crippen LogP contribution in [0.25, 0.3) is 22.1 Å². The first-order valence-corrected chi connectivity index (χ1v) is 11.5. The number of halogens is 2. The topological polar surface area (TPSA) is 108 Å². The second kappa shape index (κ2) is 8.37. The summed E-state index contributed by atoms with van der Waals surface area (Å²) in [6.07, 6.45) is 5.69. The standard InChI is InChI=1S/C22H17F2N7O2S/c1-11-17(33-12-6-13(23)20-15(7-12)28-10-31(20)2)5-4-14(18(11)24)29-21-19-16(26-9-27-21)8-25-22(30-19)34(3)32/h4-10H,1-3H3,(H,26,27,29). The SMILES string of the molecule is Cc1c(Oc2cc(F)c3c(c2)ncn3C)ccc(Nc2ncnc3cnc(S(C)=O)nc23)c1F. The van der Waals surface area contributed by atoms with Crippen LogP contribution in [0.1, 0.15) is 5.56 Å². The van der Waals surface area contributed by atoms with Gasteiger partial charge in [-0.05, 0) is 19.1 Å². The molecule has 0 aliphatic rings. The third-order valence-corrected chi connectivity index (χ3v) is 5.88. The third kappa shape index (κ3) is 3.81. The molecule has 3 heterocycles. The van der Waals surface area contributed by atoms with Gasteiger partial charge >= 0.3 is 0 Å². The van der Waals surface area contributed by atoms with Crippen LogP contribution in [0.4, 0.5) is 20.3 Å². The molecular formula is C22H17F2N7O2S. The molecule has 0 saturated carbocycles. The van der Waals surface area contributed by atoms with E-state index in [9.17, 15) is 8.60 Å². The maximum absolute atomic E-state index is 15.2. The molecule has 1 N–H and O–H groups in total. The van der Waals surface area contributed by atoms with Crippen molar-refractivity contribution in [3.05, 3.63) is 60.3 Å². The molecule has 5 rings (SSSR count). The minimum Gasteiger partial charge on any atom is -0.457 e. The summed E-state index contributed by atoms with van der Waals surface area (Å²) in [7, 11) is 0.286. The average Bonchev–Trinajstić information content (AvgIpc) is 3.19. The van der Waals surface area contributed by atoms with Crippen molar-refractivity contribution in [1.29, 1.82) is 0 Å². The zero-order valence-electron chi connectivity index (χ0n) is 18.2. The Morgan fingerprint density at radius 3 is 2.71 bits per heavy atom. The fourth-order valence-corrected chi connectivity index (χ4v) is 3.89. The van der Waals surface area contributed by atoms with Crippen molar-refractivity contribution in [2.24, 2.45) is 7.05 Å². The van der Waals surface area contributed by atoms with Crippen molar-refractivity contribution >= 4 is 44.4 Å². The van der Waals surface area contributed by atoms with E-state index in [4.69, 9.17) is 4.74 Å². The van der Waals surface area contributed by atoms with Crippen molar-refractivity contribution in [2.45, 2.75) is 12.1 Å². The summed E-state index contributed by atoms with van der Waals surface area (Å²) < 4.78 is 48.8. The van der Waals surface area contributed by atoms with E-state index in [1.165, 1.54) is 37.2 Å². The minimum atomic E-state index is -1.41. The van der Waals surface area contributed by atoms with E-state index in [2.05, 4.69) is 30.2 Å². The van der Waals surface area contributed by atoms with Gasteiger partial charge in [0.2, 0.25) is 5.16 Å². The maximum atomic E-state index is 15.2. The fraction of sp³-hybridized carbons (Fsp3) is 0.136. The Bertz CT molecular complexity index is 1610. The highest BCUT2D eigenvalue weighted by atomic mass is 32.2. The second-order valence-corrected chi connectivity index (χ2v) is 8.74. The minimum absolute atomic E-state index is 0.114. The molecule has 0 radical (unpaired) electrons. The van der Waals surface area contributed by atoms with Crippen LogP contribution in [0.5, 0.6) is 11.5 Å². The third-order valence-electron chi connectivity index (χ3n) is 5.17. The molecule has 1 unspecified atom stereocenters. The largest absolute Gasteiger partial charge is 0.457 e. The number of ether oxygens (including phenoxy) is 1. The number of benzene rings is 2. The van der Waals surface area contributed by atoms with Gasteiger partial charge < -0.3 is 14.6 Å². The zero-order chi connectivity index (χ0) is 24.0. The Labute approximate surface area is 194 Å². The smallest absolute Gasteiger partial charge is 0.218 e. The summed E-state index contributed by atoms with van der Waals surface area (Å²) in [6.45, 7) is 1.55. The number of imidazole rings is 1. The molecule has 1 atom stereocenters. The Hall–Kier alpha value is -4.06. The lowest BCUT2D eigenvalue weighted by Crippen LogP contribution is -2.04. The van der Waals surface area contributed by atoms with Gasteiger partial charge in [-0.3, -0.25) is 4.21 Å². The molecule has 12 heteroatoms. The highest BCUT2D eigenvalue weighted by Crippen LogP contribution is 2.34. The Morgan fingerprint density at radius 1 is 1.09 bits per heavy atom. The van der Waals surface area contributed by atoms with E-state index in [0.29, 0.717) is 22.1 Å². The van der Waals surface area contributed by atoms with Gasteiger partial charge in [-0.25, -0.2) is 33.7 Å². The van der Waals surface area contributed by atoms with Crippen LogP contribution in [0.3, 0.4) is 0 Å². The molecule has 3 aromatic heterocycles. The molecule has 0 aliphatic heterocycles. The van der Waals surface area contributed by atoms with Crippen LogP contribution in [0, 0.1) is 18.6 Å². The van der Waals surface area contributed by atoms with Gasteiger partial charge in [0.15, 0.2) is 17.5 Å². The van der Waals surface area contributed by atoms with E-state index < -0.39 is 22.4 Å². The van der Waals surface area contributed by atoms with E-state index in [0.717, 1.165) is 0 Å². The molecule has 0 fully saturated rings. The highest BCUT2D eigenvalue weighted by Gasteiger charge is 2.16. The zero-order valence-corrected chi connectivity index (χ0v) is 19.0. The van der Waals surface area contributed by atoms with Gasteiger partial charge in [0, 0.05) is 31.0 Å². The van der Waals surface area contributed by atoms with Gasteiger partial charge in [0.1, 0.15) is 34.4 Å². The van der Waals surface area contributed by atoms with Crippen molar-refractivity contribution in [2.75, 3.05) is 11.6 Å². The molecule has 172 valence electrons. The molecule has 0 amide bonds. The van der Waals surface area contributed by atoms with Gasteiger partial charge in [-0.15, -0.1) is 0 Å². The van der Waals surface area contributed by atoms with Crippen LogP contribution >= 0.6 is 0 Å². The van der Waals surface area contributed by atoms with E-state index >= 15 is 4.39 Å². The lowest BCUT2D eigenvalue weighted by Gasteiger charge is -2.14. The lowest BCUT2D eigenvalue weighted by atomic mass is 10.1. The summed E-state index contributed by atoms with van der Waals surface area (Å²) in [4.78, 5) is 20.6. The van der Waals surface area contributed by atoms with E-state index in [1.54, 1.807) is 30.7 Å². The predicted molar refractivity (Wildman–Crippen MR) is 123 cm³/mol. The van der Waals surface area contributed by atoms with Gasteiger partial charge in [-0.2, -0.15) is 0 Å². The van der Waals surface area contributed by atoms with Crippen molar-refractivity contribution in [3.63, 3.8) is 0 Å². The number of rotatable bonds is 5. The summed E-state index contributed by atoms with van der Waals surface area (Å²) in [5, 5.41) is 3.02.